The Hall–Kier alpha value is -1.20. The zero-order valence-electron chi connectivity index (χ0n) is 5.66. The van der Waals surface area contributed by atoms with Gasteiger partial charge in [0.2, 0.25) is 0 Å². The van der Waals surface area contributed by atoms with Crippen LogP contribution in [0, 0.1) is 11.8 Å². The van der Waals surface area contributed by atoms with Gasteiger partial charge in [0.15, 0.2) is 0 Å². The first kappa shape index (κ1) is 6.91. The standard InChI is InChI=1S/C8H8O2/c1-2-3-8(9)7-4-5-10-6-7/h4-6,8-9H,1H3/t8-/m0/s1. The Morgan fingerprint density at radius 2 is 2.50 bits per heavy atom. The molecule has 0 amide bonds. The van der Waals surface area contributed by atoms with Gasteiger partial charge in [0.05, 0.1) is 12.5 Å². The lowest BCUT2D eigenvalue weighted by atomic mass is 10.2. The van der Waals surface area contributed by atoms with Crippen molar-refractivity contribution < 1.29 is 9.52 Å². The zero-order valence-corrected chi connectivity index (χ0v) is 5.66. The van der Waals surface area contributed by atoms with Crippen LogP contribution >= 0.6 is 0 Å². The minimum atomic E-state index is -0.705. The van der Waals surface area contributed by atoms with Crippen molar-refractivity contribution in [2.24, 2.45) is 0 Å². The van der Waals surface area contributed by atoms with Crippen molar-refractivity contribution in [2.45, 2.75) is 13.0 Å². The van der Waals surface area contributed by atoms with Crippen LogP contribution in [0.15, 0.2) is 23.0 Å². The van der Waals surface area contributed by atoms with Crippen molar-refractivity contribution in [3.8, 4) is 11.8 Å². The monoisotopic (exact) mass is 136 g/mol. The normalized spacial score (nSPS) is 11.8. The van der Waals surface area contributed by atoms with Crippen molar-refractivity contribution in [2.75, 3.05) is 0 Å². The van der Waals surface area contributed by atoms with E-state index in [1.165, 1.54) is 12.5 Å². The fraction of sp³-hybridized carbons (Fsp3) is 0.250. The van der Waals surface area contributed by atoms with Crippen LogP contribution in [0.25, 0.3) is 0 Å². The highest BCUT2D eigenvalue weighted by Gasteiger charge is 2.02. The highest BCUT2D eigenvalue weighted by molar-refractivity contribution is 5.19. The molecule has 1 atom stereocenters. The highest BCUT2D eigenvalue weighted by Crippen LogP contribution is 2.10. The summed E-state index contributed by atoms with van der Waals surface area (Å²) < 4.78 is 4.75. The summed E-state index contributed by atoms with van der Waals surface area (Å²) in [7, 11) is 0. The molecule has 1 rings (SSSR count). The van der Waals surface area contributed by atoms with Gasteiger partial charge in [-0.1, -0.05) is 5.92 Å². The van der Waals surface area contributed by atoms with E-state index in [1.807, 2.05) is 0 Å². The van der Waals surface area contributed by atoms with Gasteiger partial charge in [0.25, 0.3) is 0 Å². The fourth-order valence-corrected chi connectivity index (χ4v) is 0.651. The van der Waals surface area contributed by atoms with Gasteiger partial charge >= 0.3 is 0 Å². The van der Waals surface area contributed by atoms with E-state index >= 15 is 0 Å². The lowest BCUT2D eigenvalue weighted by Crippen LogP contribution is -1.89. The number of aliphatic hydroxyl groups is 1. The van der Waals surface area contributed by atoms with E-state index in [9.17, 15) is 5.11 Å². The summed E-state index contributed by atoms with van der Waals surface area (Å²) in [6.07, 6.45) is 2.29. The molecule has 52 valence electrons. The molecule has 10 heavy (non-hydrogen) atoms. The van der Waals surface area contributed by atoms with Gasteiger partial charge in [-0.05, 0) is 13.0 Å². The average molecular weight is 136 g/mol. The lowest BCUT2D eigenvalue weighted by Gasteiger charge is -1.94. The second kappa shape index (κ2) is 3.09. The minimum absolute atomic E-state index is 0.703. The molecule has 2 nitrogen and oxygen atoms in total. The third kappa shape index (κ3) is 1.40. The van der Waals surface area contributed by atoms with E-state index in [0.717, 1.165) is 0 Å². The van der Waals surface area contributed by atoms with Crippen molar-refractivity contribution in [1.29, 1.82) is 0 Å². The SMILES string of the molecule is CC#C[C@H](O)c1ccoc1. The predicted octanol–water partition coefficient (Wildman–Crippen LogP) is 1.34. The number of rotatable bonds is 1. The molecule has 2 heteroatoms. The first-order valence-electron chi connectivity index (χ1n) is 2.97. The second-order valence-electron chi connectivity index (χ2n) is 1.85. The molecule has 0 fully saturated rings. The van der Waals surface area contributed by atoms with Crippen LogP contribution in [0.4, 0.5) is 0 Å². The van der Waals surface area contributed by atoms with Crippen molar-refractivity contribution in [3.05, 3.63) is 24.2 Å². The molecule has 0 aliphatic heterocycles. The van der Waals surface area contributed by atoms with E-state index in [1.54, 1.807) is 13.0 Å². The highest BCUT2D eigenvalue weighted by atomic mass is 16.3. The molecule has 0 bridgehead atoms. The molecule has 0 aromatic carbocycles. The summed E-state index contributed by atoms with van der Waals surface area (Å²) in [5.41, 5.74) is 0.703. The van der Waals surface area contributed by atoms with Crippen LogP contribution in [0.1, 0.15) is 18.6 Å². The molecule has 0 saturated carbocycles. The Kier molecular flexibility index (Phi) is 2.14. The summed E-state index contributed by atoms with van der Waals surface area (Å²) in [6.45, 7) is 1.68. The second-order valence-corrected chi connectivity index (χ2v) is 1.85. The van der Waals surface area contributed by atoms with Gasteiger partial charge in [0.1, 0.15) is 6.10 Å². The quantitative estimate of drug-likeness (QED) is 0.591. The Labute approximate surface area is 59.5 Å². The molecular weight excluding hydrogens is 128 g/mol. The van der Waals surface area contributed by atoms with E-state index < -0.39 is 6.10 Å². The number of aliphatic hydroxyl groups excluding tert-OH is 1. The zero-order chi connectivity index (χ0) is 7.40. The molecule has 0 aliphatic rings. The topological polar surface area (TPSA) is 33.4 Å². The van der Waals surface area contributed by atoms with Crippen LogP contribution < -0.4 is 0 Å². The average Bonchev–Trinajstić information content (AvgIpc) is 2.38. The van der Waals surface area contributed by atoms with Crippen LogP contribution in [0.5, 0.6) is 0 Å². The summed E-state index contributed by atoms with van der Waals surface area (Å²) in [6, 6.07) is 1.69. The summed E-state index contributed by atoms with van der Waals surface area (Å²) >= 11 is 0. The molecule has 1 heterocycles. The van der Waals surface area contributed by atoms with E-state index in [0.29, 0.717) is 5.56 Å². The van der Waals surface area contributed by atoms with E-state index in [-0.39, 0.29) is 0 Å². The van der Waals surface area contributed by atoms with Gasteiger partial charge in [-0.2, -0.15) is 0 Å². The molecule has 0 unspecified atom stereocenters. The van der Waals surface area contributed by atoms with Gasteiger partial charge in [-0.15, -0.1) is 5.92 Å². The minimum Gasteiger partial charge on any atom is -0.472 e. The molecular formula is C8H8O2. The first-order chi connectivity index (χ1) is 4.84. The van der Waals surface area contributed by atoms with Gasteiger partial charge in [-0.25, -0.2) is 0 Å². The lowest BCUT2D eigenvalue weighted by molar-refractivity contribution is 0.237. The summed E-state index contributed by atoms with van der Waals surface area (Å²) in [5, 5.41) is 9.18. The maximum Gasteiger partial charge on any atom is 0.143 e. The Morgan fingerprint density at radius 3 is 3.00 bits per heavy atom. The van der Waals surface area contributed by atoms with E-state index in [4.69, 9.17) is 4.42 Å². The Balaban J connectivity index is 2.74. The fourth-order valence-electron chi connectivity index (χ4n) is 0.651. The van der Waals surface area contributed by atoms with Crippen LogP contribution in [-0.4, -0.2) is 5.11 Å². The predicted molar refractivity (Wildman–Crippen MR) is 37.1 cm³/mol. The smallest absolute Gasteiger partial charge is 0.143 e. The maximum absolute atomic E-state index is 9.18. The van der Waals surface area contributed by atoms with Crippen molar-refractivity contribution in [1.82, 2.24) is 0 Å². The summed E-state index contributed by atoms with van der Waals surface area (Å²) in [4.78, 5) is 0. The van der Waals surface area contributed by atoms with Crippen molar-refractivity contribution >= 4 is 0 Å². The largest absolute Gasteiger partial charge is 0.472 e. The third-order valence-corrected chi connectivity index (χ3v) is 1.14. The van der Waals surface area contributed by atoms with Crippen LogP contribution in [0.2, 0.25) is 0 Å². The van der Waals surface area contributed by atoms with Gasteiger partial charge in [0, 0.05) is 5.56 Å². The Morgan fingerprint density at radius 1 is 1.70 bits per heavy atom. The number of furan rings is 1. The Bertz CT molecular complexity index is 238. The molecule has 1 aromatic heterocycles. The molecule has 0 spiro atoms. The van der Waals surface area contributed by atoms with Gasteiger partial charge < -0.3 is 9.52 Å². The van der Waals surface area contributed by atoms with Crippen molar-refractivity contribution in [3.63, 3.8) is 0 Å². The van der Waals surface area contributed by atoms with Gasteiger partial charge in [-0.3, -0.25) is 0 Å². The van der Waals surface area contributed by atoms with Crippen LogP contribution in [-0.2, 0) is 0 Å². The third-order valence-electron chi connectivity index (χ3n) is 1.14. The van der Waals surface area contributed by atoms with Crippen LogP contribution in [0.3, 0.4) is 0 Å². The number of hydrogen-bond donors (Lipinski definition) is 1. The number of hydrogen-bond acceptors (Lipinski definition) is 2. The first-order valence-corrected chi connectivity index (χ1v) is 2.97. The molecule has 0 saturated heterocycles. The van der Waals surface area contributed by atoms with E-state index in [2.05, 4.69) is 11.8 Å². The summed E-state index contributed by atoms with van der Waals surface area (Å²) in [5.74, 6) is 5.21. The maximum atomic E-state index is 9.18. The molecule has 0 radical (unpaired) electrons. The molecule has 1 aromatic rings. The molecule has 1 N–H and O–H groups in total. The molecule has 0 aliphatic carbocycles.